The summed E-state index contributed by atoms with van der Waals surface area (Å²) in [4.78, 5) is 20.9. The summed E-state index contributed by atoms with van der Waals surface area (Å²) in [6.45, 7) is 9.08. The number of benzene rings is 1. The highest BCUT2D eigenvalue weighted by Crippen LogP contribution is 2.26. The third kappa shape index (κ3) is 4.86. The van der Waals surface area contributed by atoms with Crippen molar-refractivity contribution in [2.75, 3.05) is 40.0 Å². The molecule has 0 radical (unpaired) electrons. The number of nitrogens with zero attached hydrogens (tertiary/aromatic N) is 3. The number of ketones is 1. The lowest BCUT2D eigenvalue weighted by Gasteiger charge is -2.26. The van der Waals surface area contributed by atoms with Crippen molar-refractivity contribution in [3.05, 3.63) is 39.6 Å². The normalized spacial score (nSPS) is 15.9. The molecule has 1 aliphatic rings. The average Bonchev–Trinajstić information content (AvgIpc) is 2.99. The molecule has 6 nitrogen and oxygen atoms in total. The summed E-state index contributed by atoms with van der Waals surface area (Å²) < 4.78 is 13.0. The smallest absolute Gasteiger partial charge is 0.190 e. The Hall–Kier alpha value is -1.96. The van der Waals surface area contributed by atoms with Crippen molar-refractivity contribution in [2.24, 2.45) is 4.99 Å². The molecule has 1 saturated heterocycles. The molecule has 1 aliphatic heterocycles. The third-order valence-electron chi connectivity index (χ3n) is 4.74. The van der Waals surface area contributed by atoms with Gasteiger partial charge in [-0.05, 0) is 25.5 Å². The Bertz CT molecular complexity index is 850. The maximum atomic E-state index is 12.0. The van der Waals surface area contributed by atoms with Crippen LogP contribution in [0.1, 0.15) is 28.7 Å². The molecular weight excluding hydrogens is 362 g/mol. The molecule has 3 rings (SSSR count). The fourth-order valence-corrected chi connectivity index (χ4v) is 4.33. The predicted molar refractivity (Wildman–Crippen MR) is 107 cm³/mol. The molecule has 0 unspecified atom stereocenters. The molecule has 1 fully saturated rings. The molecule has 0 amide bonds. The van der Waals surface area contributed by atoms with Gasteiger partial charge in [-0.25, -0.2) is 4.99 Å². The van der Waals surface area contributed by atoms with E-state index in [2.05, 4.69) is 9.47 Å². The number of carbonyl (C=O) groups is 1. The highest BCUT2D eigenvalue weighted by molar-refractivity contribution is 7.11. The molecule has 0 spiro atoms. The number of para-hydroxylation sites is 2. The van der Waals surface area contributed by atoms with Crippen molar-refractivity contribution in [1.29, 1.82) is 0 Å². The molecule has 1 aromatic carbocycles. The molecule has 0 N–H and O–H groups in total. The van der Waals surface area contributed by atoms with Crippen LogP contribution in [0.25, 0.3) is 0 Å². The van der Waals surface area contributed by atoms with Crippen LogP contribution in [-0.4, -0.2) is 55.2 Å². The molecule has 146 valence electrons. The van der Waals surface area contributed by atoms with Crippen LogP contribution < -0.4 is 9.54 Å². The zero-order valence-electron chi connectivity index (χ0n) is 16.2. The minimum atomic E-state index is 0.0842. The van der Waals surface area contributed by atoms with Gasteiger partial charge in [-0.2, -0.15) is 0 Å². The fraction of sp³-hybridized carbons (Fsp3) is 0.500. The Balaban J connectivity index is 1.87. The predicted octanol–water partition coefficient (Wildman–Crippen LogP) is 3.02. The number of aromatic nitrogens is 1. The minimum absolute atomic E-state index is 0.0842. The molecule has 7 heteroatoms. The molecule has 0 aliphatic carbocycles. The minimum Gasteiger partial charge on any atom is -0.494 e. The van der Waals surface area contributed by atoms with Gasteiger partial charge in [0.25, 0.3) is 0 Å². The number of carbonyl (C=O) groups excluding carboxylic acids is 1. The maximum absolute atomic E-state index is 12.0. The monoisotopic (exact) mass is 389 g/mol. The van der Waals surface area contributed by atoms with Crippen LogP contribution in [-0.2, 0) is 11.3 Å². The van der Waals surface area contributed by atoms with Crippen LogP contribution in [0.2, 0.25) is 0 Å². The van der Waals surface area contributed by atoms with Crippen LogP contribution in [0, 0.1) is 6.92 Å². The molecule has 2 aromatic rings. The van der Waals surface area contributed by atoms with Gasteiger partial charge in [0.1, 0.15) is 11.4 Å². The summed E-state index contributed by atoms with van der Waals surface area (Å²) in [6.07, 6.45) is 1.01. The van der Waals surface area contributed by atoms with Crippen LogP contribution >= 0.6 is 11.3 Å². The highest BCUT2D eigenvalue weighted by Gasteiger charge is 2.15. The third-order valence-corrected chi connectivity index (χ3v) is 6.02. The van der Waals surface area contributed by atoms with E-state index in [1.54, 1.807) is 14.0 Å². The summed E-state index contributed by atoms with van der Waals surface area (Å²) in [5.74, 6) is 0.814. The van der Waals surface area contributed by atoms with E-state index < -0.39 is 0 Å². The quantitative estimate of drug-likeness (QED) is 0.683. The number of methoxy groups -OCH3 is 1. The van der Waals surface area contributed by atoms with Gasteiger partial charge in [0.05, 0.1) is 25.2 Å². The number of thiazole rings is 1. The van der Waals surface area contributed by atoms with Crippen LogP contribution in [0.15, 0.2) is 29.3 Å². The number of hydrogen-bond acceptors (Lipinski definition) is 6. The molecule has 2 heterocycles. The summed E-state index contributed by atoms with van der Waals surface area (Å²) in [5, 5.41) is 0. The maximum Gasteiger partial charge on any atom is 0.190 e. The van der Waals surface area contributed by atoms with Crippen molar-refractivity contribution in [2.45, 2.75) is 26.8 Å². The van der Waals surface area contributed by atoms with Crippen molar-refractivity contribution in [3.8, 4) is 5.75 Å². The second kappa shape index (κ2) is 9.30. The van der Waals surface area contributed by atoms with Crippen LogP contribution in [0.4, 0.5) is 5.69 Å². The lowest BCUT2D eigenvalue weighted by Crippen LogP contribution is -2.37. The zero-order chi connectivity index (χ0) is 19.2. The fourth-order valence-electron chi connectivity index (χ4n) is 3.26. The number of morpholine rings is 1. The highest BCUT2D eigenvalue weighted by atomic mass is 32.1. The van der Waals surface area contributed by atoms with Gasteiger partial charge in [-0.1, -0.05) is 23.5 Å². The molecule has 1 aromatic heterocycles. The number of hydrogen-bond donors (Lipinski definition) is 0. The summed E-state index contributed by atoms with van der Waals surface area (Å²) >= 11 is 1.45. The second-order valence-electron chi connectivity index (χ2n) is 6.60. The summed E-state index contributed by atoms with van der Waals surface area (Å²) in [6, 6.07) is 7.69. The standard InChI is InChI=1S/C20H27N3O3S/c1-15-19(16(2)24)27-20(21-17-7-4-5-8-18(17)25-3)23(15)10-6-9-22-11-13-26-14-12-22/h4-5,7-8H,6,9-14H2,1-3H3. The Morgan fingerprint density at radius 1 is 1.26 bits per heavy atom. The Kier molecular flexibility index (Phi) is 6.82. The van der Waals surface area contributed by atoms with E-state index in [0.717, 1.165) is 72.6 Å². The summed E-state index contributed by atoms with van der Waals surface area (Å²) in [5.41, 5.74) is 1.77. The average molecular weight is 390 g/mol. The van der Waals surface area contributed by atoms with Gasteiger partial charge in [0.15, 0.2) is 10.6 Å². The van der Waals surface area contributed by atoms with Gasteiger partial charge >= 0.3 is 0 Å². The van der Waals surface area contributed by atoms with Crippen molar-refractivity contribution >= 4 is 22.8 Å². The van der Waals surface area contributed by atoms with Gasteiger partial charge in [-0.15, -0.1) is 0 Å². The lowest BCUT2D eigenvalue weighted by molar-refractivity contribution is 0.0369. The molecule has 0 bridgehead atoms. The first kappa shape index (κ1) is 19.8. The Labute approximate surface area is 164 Å². The van der Waals surface area contributed by atoms with E-state index in [1.165, 1.54) is 11.3 Å². The Morgan fingerprint density at radius 3 is 2.70 bits per heavy atom. The number of Topliss-reactive ketones (excluding diaryl/α,β-unsaturated/α-hetero) is 1. The van der Waals surface area contributed by atoms with Crippen LogP contribution in [0.5, 0.6) is 5.75 Å². The van der Waals surface area contributed by atoms with Crippen LogP contribution in [0.3, 0.4) is 0 Å². The molecule has 0 saturated carbocycles. The second-order valence-corrected chi connectivity index (χ2v) is 7.58. The largest absolute Gasteiger partial charge is 0.494 e. The van der Waals surface area contributed by atoms with Gasteiger partial charge < -0.3 is 14.0 Å². The van der Waals surface area contributed by atoms with Gasteiger partial charge in [0, 0.05) is 38.8 Å². The zero-order valence-corrected chi connectivity index (χ0v) is 17.1. The van der Waals surface area contributed by atoms with Gasteiger partial charge in [0.2, 0.25) is 0 Å². The number of rotatable bonds is 7. The van der Waals surface area contributed by atoms with Crippen molar-refractivity contribution in [3.63, 3.8) is 0 Å². The number of ether oxygens (including phenoxy) is 2. The van der Waals surface area contributed by atoms with Crippen molar-refractivity contribution in [1.82, 2.24) is 9.47 Å². The van der Waals surface area contributed by atoms with E-state index in [-0.39, 0.29) is 5.78 Å². The SMILES string of the molecule is COc1ccccc1N=c1sc(C(C)=O)c(C)n1CCCN1CCOCC1. The lowest BCUT2D eigenvalue weighted by atomic mass is 10.3. The Morgan fingerprint density at radius 2 is 2.00 bits per heavy atom. The van der Waals surface area contributed by atoms with Gasteiger partial charge in [-0.3, -0.25) is 9.69 Å². The first-order valence-electron chi connectivity index (χ1n) is 9.29. The topological polar surface area (TPSA) is 56.1 Å². The molecular formula is C20H27N3O3S. The first-order chi connectivity index (χ1) is 13.1. The molecule has 0 atom stereocenters. The van der Waals surface area contributed by atoms with E-state index in [1.807, 2.05) is 31.2 Å². The summed E-state index contributed by atoms with van der Waals surface area (Å²) in [7, 11) is 1.64. The van der Waals surface area contributed by atoms with E-state index >= 15 is 0 Å². The van der Waals surface area contributed by atoms with Crippen molar-refractivity contribution < 1.29 is 14.3 Å². The molecule has 27 heavy (non-hydrogen) atoms. The van der Waals surface area contributed by atoms with E-state index in [0.29, 0.717) is 0 Å². The van der Waals surface area contributed by atoms with E-state index in [4.69, 9.17) is 14.5 Å². The first-order valence-corrected chi connectivity index (χ1v) is 10.1. The van der Waals surface area contributed by atoms with E-state index in [9.17, 15) is 4.79 Å².